The Morgan fingerprint density at radius 2 is 1.62 bits per heavy atom. The minimum Gasteiger partial charge on any atom is -0.372 e. The summed E-state index contributed by atoms with van der Waals surface area (Å²) < 4.78 is 0. The zero-order valence-corrected chi connectivity index (χ0v) is 13.8. The molecule has 1 aromatic carbocycles. The SMILES string of the molecule is CN(C)C(=NCC1CCN(c2ccccc2)CC1)N(C)C. The standard InChI is InChI=1S/C17H28N4/c1-19(2)17(20(3)4)18-14-15-10-12-21(13-11-15)16-8-6-5-7-9-16/h5-9,15H,10-14H2,1-4H3. The first-order valence-corrected chi connectivity index (χ1v) is 7.77. The number of anilines is 1. The predicted molar refractivity (Wildman–Crippen MR) is 91.1 cm³/mol. The summed E-state index contributed by atoms with van der Waals surface area (Å²) in [5.74, 6) is 1.76. The minimum atomic E-state index is 0.708. The predicted octanol–water partition coefficient (Wildman–Crippen LogP) is 2.38. The number of piperidine rings is 1. The first-order chi connectivity index (χ1) is 10.1. The van der Waals surface area contributed by atoms with Crippen LogP contribution in [0, 0.1) is 5.92 Å². The Kier molecular flexibility index (Phi) is 5.48. The maximum atomic E-state index is 4.79. The lowest BCUT2D eigenvalue weighted by atomic mass is 9.96. The molecular weight excluding hydrogens is 260 g/mol. The topological polar surface area (TPSA) is 22.1 Å². The van der Waals surface area contributed by atoms with E-state index in [4.69, 9.17) is 4.99 Å². The van der Waals surface area contributed by atoms with Gasteiger partial charge in [-0.25, -0.2) is 0 Å². The van der Waals surface area contributed by atoms with Crippen molar-refractivity contribution in [1.82, 2.24) is 9.80 Å². The van der Waals surface area contributed by atoms with Crippen molar-refractivity contribution < 1.29 is 0 Å². The van der Waals surface area contributed by atoms with Crippen molar-refractivity contribution in [2.24, 2.45) is 10.9 Å². The molecule has 0 bridgehead atoms. The highest BCUT2D eigenvalue weighted by molar-refractivity contribution is 5.79. The summed E-state index contributed by atoms with van der Waals surface area (Å²) in [7, 11) is 8.21. The molecule has 0 amide bonds. The van der Waals surface area contributed by atoms with Crippen LogP contribution >= 0.6 is 0 Å². The molecule has 1 heterocycles. The molecule has 0 saturated carbocycles. The maximum absolute atomic E-state index is 4.79. The molecule has 4 nitrogen and oxygen atoms in total. The molecule has 2 rings (SSSR count). The van der Waals surface area contributed by atoms with Crippen LogP contribution in [0.4, 0.5) is 5.69 Å². The molecule has 1 aliphatic heterocycles. The largest absolute Gasteiger partial charge is 0.372 e. The normalized spacial score (nSPS) is 15.7. The van der Waals surface area contributed by atoms with Crippen LogP contribution in [0.2, 0.25) is 0 Å². The molecule has 4 heteroatoms. The van der Waals surface area contributed by atoms with Crippen molar-refractivity contribution in [3.05, 3.63) is 30.3 Å². The second kappa shape index (κ2) is 7.34. The summed E-state index contributed by atoms with van der Waals surface area (Å²) in [6.45, 7) is 3.22. The van der Waals surface area contributed by atoms with Crippen LogP contribution in [-0.4, -0.2) is 63.6 Å². The summed E-state index contributed by atoms with van der Waals surface area (Å²) >= 11 is 0. The van der Waals surface area contributed by atoms with Gasteiger partial charge in [0.15, 0.2) is 5.96 Å². The average Bonchev–Trinajstić information content (AvgIpc) is 2.48. The van der Waals surface area contributed by atoms with Crippen LogP contribution in [0.3, 0.4) is 0 Å². The second-order valence-electron chi connectivity index (χ2n) is 6.20. The van der Waals surface area contributed by atoms with Crippen molar-refractivity contribution in [1.29, 1.82) is 0 Å². The Morgan fingerprint density at radius 3 is 2.14 bits per heavy atom. The van der Waals surface area contributed by atoms with E-state index in [1.165, 1.54) is 18.5 Å². The molecule has 1 fully saturated rings. The lowest BCUT2D eigenvalue weighted by molar-refractivity contribution is 0.406. The zero-order valence-electron chi connectivity index (χ0n) is 13.8. The highest BCUT2D eigenvalue weighted by Gasteiger charge is 2.19. The van der Waals surface area contributed by atoms with E-state index in [0.29, 0.717) is 5.92 Å². The van der Waals surface area contributed by atoms with Crippen molar-refractivity contribution >= 4 is 11.6 Å². The van der Waals surface area contributed by atoms with E-state index in [1.807, 2.05) is 0 Å². The number of hydrogen-bond donors (Lipinski definition) is 0. The fourth-order valence-corrected chi connectivity index (χ4v) is 2.91. The lowest BCUT2D eigenvalue weighted by Gasteiger charge is -2.33. The quantitative estimate of drug-likeness (QED) is 0.630. The summed E-state index contributed by atoms with van der Waals surface area (Å²) in [6.07, 6.45) is 2.46. The van der Waals surface area contributed by atoms with Gasteiger partial charge in [-0.3, -0.25) is 4.99 Å². The number of rotatable bonds is 3. The Hall–Kier alpha value is -1.71. The van der Waals surface area contributed by atoms with Crippen molar-refractivity contribution in [3.63, 3.8) is 0 Å². The molecule has 0 atom stereocenters. The van der Waals surface area contributed by atoms with Crippen LogP contribution in [0.15, 0.2) is 35.3 Å². The number of benzene rings is 1. The highest BCUT2D eigenvalue weighted by Crippen LogP contribution is 2.23. The van der Waals surface area contributed by atoms with Gasteiger partial charge in [-0.1, -0.05) is 18.2 Å². The van der Waals surface area contributed by atoms with E-state index in [0.717, 1.165) is 25.6 Å². The van der Waals surface area contributed by atoms with Gasteiger partial charge in [-0.2, -0.15) is 0 Å². The van der Waals surface area contributed by atoms with E-state index in [2.05, 4.69) is 73.2 Å². The van der Waals surface area contributed by atoms with Crippen LogP contribution < -0.4 is 4.90 Å². The van der Waals surface area contributed by atoms with E-state index >= 15 is 0 Å². The first-order valence-electron chi connectivity index (χ1n) is 7.77. The summed E-state index contributed by atoms with van der Waals surface area (Å²) in [5.41, 5.74) is 1.35. The van der Waals surface area contributed by atoms with Gasteiger partial charge < -0.3 is 14.7 Å². The molecule has 1 saturated heterocycles. The molecule has 0 aromatic heterocycles. The van der Waals surface area contributed by atoms with Gasteiger partial charge in [-0.05, 0) is 30.9 Å². The van der Waals surface area contributed by atoms with Gasteiger partial charge in [0.2, 0.25) is 0 Å². The van der Waals surface area contributed by atoms with E-state index in [-0.39, 0.29) is 0 Å². The van der Waals surface area contributed by atoms with Crippen LogP contribution in [-0.2, 0) is 0 Å². The molecule has 0 spiro atoms. The van der Waals surface area contributed by atoms with Crippen molar-refractivity contribution in [3.8, 4) is 0 Å². The average molecular weight is 288 g/mol. The number of para-hydroxylation sites is 1. The Labute approximate surface area is 129 Å². The van der Waals surface area contributed by atoms with Crippen LogP contribution in [0.1, 0.15) is 12.8 Å². The smallest absolute Gasteiger partial charge is 0.195 e. The Morgan fingerprint density at radius 1 is 1.05 bits per heavy atom. The zero-order chi connectivity index (χ0) is 15.2. The monoisotopic (exact) mass is 288 g/mol. The first kappa shape index (κ1) is 15.7. The number of guanidine groups is 1. The third kappa shape index (κ3) is 4.38. The van der Waals surface area contributed by atoms with Gasteiger partial charge >= 0.3 is 0 Å². The molecule has 21 heavy (non-hydrogen) atoms. The molecule has 0 radical (unpaired) electrons. The molecule has 0 N–H and O–H groups in total. The highest BCUT2D eigenvalue weighted by atomic mass is 15.3. The van der Waals surface area contributed by atoms with Crippen LogP contribution in [0.5, 0.6) is 0 Å². The molecular formula is C17H28N4. The maximum Gasteiger partial charge on any atom is 0.195 e. The molecule has 1 aliphatic rings. The second-order valence-corrected chi connectivity index (χ2v) is 6.20. The molecule has 1 aromatic rings. The Bertz CT molecular complexity index is 435. The molecule has 0 unspecified atom stereocenters. The van der Waals surface area contributed by atoms with E-state index in [1.54, 1.807) is 0 Å². The van der Waals surface area contributed by atoms with Crippen LogP contribution in [0.25, 0.3) is 0 Å². The third-order valence-corrected chi connectivity index (χ3v) is 4.03. The summed E-state index contributed by atoms with van der Waals surface area (Å²) in [4.78, 5) is 11.4. The van der Waals surface area contributed by atoms with Gasteiger partial charge in [0, 0.05) is 53.5 Å². The van der Waals surface area contributed by atoms with Crippen molar-refractivity contribution in [2.75, 3.05) is 52.7 Å². The molecule has 116 valence electrons. The van der Waals surface area contributed by atoms with Gasteiger partial charge in [0.05, 0.1) is 0 Å². The van der Waals surface area contributed by atoms with E-state index in [9.17, 15) is 0 Å². The lowest BCUT2D eigenvalue weighted by Crippen LogP contribution is -2.37. The van der Waals surface area contributed by atoms with Crippen molar-refractivity contribution in [2.45, 2.75) is 12.8 Å². The van der Waals surface area contributed by atoms with Gasteiger partial charge in [0.1, 0.15) is 0 Å². The fraction of sp³-hybridized carbons (Fsp3) is 0.588. The van der Waals surface area contributed by atoms with Gasteiger partial charge in [0.25, 0.3) is 0 Å². The number of nitrogens with zero attached hydrogens (tertiary/aromatic N) is 4. The fourth-order valence-electron chi connectivity index (χ4n) is 2.91. The van der Waals surface area contributed by atoms with Gasteiger partial charge in [-0.15, -0.1) is 0 Å². The summed E-state index contributed by atoms with van der Waals surface area (Å²) in [5, 5.41) is 0. The third-order valence-electron chi connectivity index (χ3n) is 4.03. The molecule has 0 aliphatic carbocycles. The minimum absolute atomic E-state index is 0.708. The van der Waals surface area contributed by atoms with E-state index < -0.39 is 0 Å². The summed E-state index contributed by atoms with van der Waals surface area (Å²) in [6, 6.07) is 10.7. The number of hydrogen-bond acceptors (Lipinski definition) is 2. The Balaban J connectivity index is 1.86. The number of aliphatic imine (C=N–C) groups is 1.